The minimum atomic E-state index is -0.897. The van der Waals surface area contributed by atoms with E-state index in [-0.39, 0.29) is 0 Å². The number of aromatic carboxylic acids is 1. The lowest BCUT2D eigenvalue weighted by Crippen LogP contribution is -1.97. The van der Waals surface area contributed by atoms with Crippen molar-refractivity contribution in [3.05, 3.63) is 41.7 Å². The fraction of sp³-hybridized carbons (Fsp3) is 0.286. The standard InChI is InChI=1S/C14H16N2O2/c1-3-6-16-9-12(8-15-16)13-5-4-11(14(17)18)7-10(13)2/h4-5,7-9H,3,6H2,1-2H3,(H,17,18). The predicted molar refractivity (Wildman–Crippen MR) is 69.7 cm³/mol. The number of carboxylic acids is 1. The van der Waals surface area contributed by atoms with Gasteiger partial charge in [0, 0.05) is 18.3 Å². The summed E-state index contributed by atoms with van der Waals surface area (Å²) in [5.74, 6) is -0.897. The molecule has 2 rings (SSSR count). The molecule has 0 unspecified atom stereocenters. The molecule has 0 spiro atoms. The summed E-state index contributed by atoms with van der Waals surface area (Å²) in [5, 5.41) is 13.2. The van der Waals surface area contributed by atoms with E-state index in [2.05, 4.69) is 12.0 Å². The van der Waals surface area contributed by atoms with Crippen LogP contribution in [0.15, 0.2) is 30.6 Å². The Labute approximate surface area is 106 Å². The molecule has 0 saturated heterocycles. The molecule has 1 aromatic heterocycles. The summed E-state index contributed by atoms with van der Waals surface area (Å²) in [5.41, 5.74) is 3.32. The Kier molecular flexibility index (Phi) is 3.46. The van der Waals surface area contributed by atoms with Gasteiger partial charge in [0.05, 0.1) is 11.8 Å². The first-order chi connectivity index (χ1) is 8.61. The quantitative estimate of drug-likeness (QED) is 0.899. The van der Waals surface area contributed by atoms with Crippen LogP contribution in [-0.4, -0.2) is 20.9 Å². The highest BCUT2D eigenvalue weighted by Crippen LogP contribution is 2.23. The third-order valence-electron chi connectivity index (χ3n) is 2.87. The minimum absolute atomic E-state index is 0.317. The van der Waals surface area contributed by atoms with Gasteiger partial charge in [-0.05, 0) is 36.6 Å². The number of benzene rings is 1. The summed E-state index contributed by atoms with van der Waals surface area (Å²) < 4.78 is 1.90. The van der Waals surface area contributed by atoms with Crippen molar-refractivity contribution in [3.63, 3.8) is 0 Å². The molecule has 0 bridgehead atoms. The van der Waals surface area contributed by atoms with E-state index in [9.17, 15) is 4.79 Å². The molecule has 1 N–H and O–H groups in total. The fourth-order valence-electron chi connectivity index (χ4n) is 1.97. The van der Waals surface area contributed by atoms with Gasteiger partial charge in [0.2, 0.25) is 0 Å². The van der Waals surface area contributed by atoms with Gasteiger partial charge in [-0.3, -0.25) is 4.68 Å². The molecule has 0 saturated carbocycles. The smallest absolute Gasteiger partial charge is 0.335 e. The molecule has 1 aromatic carbocycles. The maximum absolute atomic E-state index is 10.9. The third kappa shape index (κ3) is 2.42. The molecule has 18 heavy (non-hydrogen) atoms. The Balaban J connectivity index is 2.35. The average Bonchev–Trinajstić information content (AvgIpc) is 2.77. The van der Waals surface area contributed by atoms with E-state index in [0.29, 0.717) is 5.56 Å². The van der Waals surface area contributed by atoms with Gasteiger partial charge in [0.25, 0.3) is 0 Å². The molecule has 0 atom stereocenters. The molecule has 2 aromatic rings. The number of hydrogen-bond acceptors (Lipinski definition) is 2. The highest BCUT2D eigenvalue weighted by atomic mass is 16.4. The van der Waals surface area contributed by atoms with Crippen LogP contribution in [0.4, 0.5) is 0 Å². The van der Waals surface area contributed by atoms with Gasteiger partial charge in [0.15, 0.2) is 0 Å². The van der Waals surface area contributed by atoms with Gasteiger partial charge >= 0.3 is 5.97 Å². The van der Waals surface area contributed by atoms with Gasteiger partial charge in [-0.25, -0.2) is 4.79 Å². The largest absolute Gasteiger partial charge is 0.478 e. The number of carbonyl (C=O) groups is 1. The van der Waals surface area contributed by atoms with E-state index < -0.39 is 5.97 Å². The van der Waals surface area contributed by atoms with Crippen LogP contribution < -0.4 is 0 Å². The van der Waals surface area contributed by atoms with Gasteiger partial charge in [-0.15, -0.1) is 0 Å². The van der Waals surface area contributed by atoms with Crippen LogP contribution in [0.3, 0.4) is 0 Å². The minimum Gasteiger partial charge on any atom is -0.478 e. The van der Waals surface area contributed by atoms with Gasteiger partial charge < -0.3 is 5.11 Å². The van der Waals surface area contributed by atoms with Crippen LogP contribution in [-0.2, 0) is 6.54 Å². The highest BCUT2D eigenvalue weighted by Gasteiger charge is 2.08. The molecule has 94 valence electrons. The molecule has 0 aliphatic heterocycles. The summed E-state index contributed by atoms with van der Waals surface area (Å²) in [6.07, 6.45) is 4.85. The lowest BCUT2D eigenvalue weighted by molar-refractivity contribution is 0.0697. The van der Waals surface area contributed by atoms with E-state index in [4.69, 9.17) is 5.11 Å². The third-order valence-corrected chi connectivity index (χ3v) is 2.87. The number of nitrogens with zero attached hydrogens (tertiary/aromatic N) is 2. The van der Waals surface area contributed by atoms with Crippen LogP contribution in [0.25, 0.3) is 11.1 Å². The summed E-state index contributed by atoms with van der Waals surface area (Å²) in [7, 11) is 0. The number of aryl methyl sites for hydroxylation is 2. The molecule has 0 fully saturated rings. The zero-order valence-electron chi connectivity index (χ0n) is 10.6. The average molecular weight is 244 g/mol. The Morgan fingerprint density at radius 3 is 2.83 bits per heavy atom. The number of aromatic nitrogens is 2. The van der Waals surface area contributed by atoms with Crippen molar-refractivity contribution in [1.29, 1.82) is 0 Å². The van der Waals surface area contributed by atoms with Gasteiger partial charge in [-0.2, -0.15) is 5.10 Å². The SMILES string of the molecule is CCCn1cc(-c2ccc(C(=O)O)cc2C)cn1. The van der Waals surface area contributed by atoms with E-state index in [1.165, 1.54) is 0 Å². The Hall–Kier alpha value is -2.10. The maximum Gasteiger partial charge on any atom is 0.335 e. The first-order valence-electron chi connectivity index (χ1n) is 5.98. The molecule has 0 amide bonds. The second kappa shape index (κ2) is 5.04. The summed E-state index contributed by atoms with van der Waals surface area (Å²) >= 11 is 0. The molecule has 0 aliphatic rings. The molecule has 0 radical (unpaired) electrons. The number of carboxylic acid groups (broad SMARTS) is 1. The lowest BCUT2D eigenvalue weighted by Gasteiger charge is -2.04. The molecular formula is C14H16N2O2. The van der Waals surface area contributed by atoms with Crippen molar-refractivity contribution in [2.24, 2.45) is 0 Å². The zero-order valence-corrected chi connectivity index (χ0v) is 10.6. The van der Waals surface area contributed by atoms with Crippen molar-refractivity contribution in [2.45, 2.75) is 26.8 Å². The maximum atomic E-state index is 10.9. The fourth-order valence-corrected chi connectivity index (χ4v) is 1.97. The lowest BCUT2D eigenvalue weighted by atomic mass is 10.0. The second-order valence-corrected chi connectivity index (χ2v) is 4.33. The summed E-state index contributed by atoms with van der Waals surface area (Å²) in [6.45, 7) is 4.92. The van der Waals surface area contributed by atoms with Gasteiger partial charge in [-0.1, -0.05) is 13.0 Å². The molecular weight excluding hydrogens is 228 g/mol. The highest BCUT2D eigenvalue weighted by molar-refractivity contribution is 5.89. The monoisotopic (exact) mass is 244 g/mol. The van der Waals surface area contributed by atoms with E-state index in [0.717, 1.165) is 29.7 Å². The number of rotatable bonds is 4. The van der Waals surface area contributed by atoms with Crippen molar-refractivity contribution in [3.8, 4) is 11.1 Å². The molecule has 1 heterocycles. The van der Waals surface area contributed by atoms with Crippen molar-refractivity contribution < 1.29 is 9.90 Å². The Morgan fingerprint density at radius 1 is 1.44 bits per heavy atom. The first-order valence-corrected chi connectivity index (χ1v) is 5.98. The van der Waals surface area contributed by atoms with E-state index >= 15 is 0 Å². The van der Waals surface area contributed by atoms with Crippen molar-refractivity contribution in [2.75, 3.05) is 0 Å². The topological polar surface area (TPSA) is 55.1 Å². The van der Waals surface area contributed by atoms with Crippen LogP contribution in [0.2, 0.25) is 0 Å². The Bertz CT molecular complexity index is 573. The molecule has 0 aliphatic carbocycles. The predicted octanol–water partition coefficient (Wildman–Crippen LogP) is 2.97. The van der Waals surface area contributed by atoms with Gasteiger partial charge in [0.1, 0.15) is 0 Å². The van der Waals surface area contributed by atoms with Crippen LogP contribution in [0, 0.1) is 6.92 Å². The molecule has 4 nitrogen and oxygen atoms in total. The van der Waals surface area contributed by atoms with E-state index in [1.54, 1.807) is 12.1 Å². The molecule has 4 heteroatoms. The van der Waals surface area contributed by atoms with E-state index in [1.807, 2.05) is 30.1 Å². The van der Waals surface area contributed by atoms with Crippen molar-refractivity contribution in [1.82, 2.24) is 9.78 Å². The van der Waals surface area contributed by atoms with Crippen molar-refractivity contribution >= 4 is 5.97 Å². The summed E-state index contributed by atoms with van der Waals surface area (Å²) in [4.78, 5) is 10.9. The van der Waals surface area contributed by atoms with Crippen LogP contribution >= 0.6 is 0 Å². The first kappa shape index (κ1) is 12.4. The Morgan fingerprint density at radius 2 is 2.22 bits per heavy atom. The number of hydrogen-bond donors (Lipinski definition) is 1. The summed E-state index contributed by atoms with van der Waals surface area (Å²) in [6, 6.07) is 5.16. The van der Waals surface area contributed by atoms with Crippen LogP contribution in [0.5, 0.6) is 0 Å². The zero-order chi connectivity index (χ0) is 13.1. The van der Waals surface area contributed by atoms with Crippen LogP contribution in [0.1, 0.15) is 29.3 Å². The second-order valence-electron chi connectivity index (χ2n) is 4.33. The normalized spacial score (nSPS) is 10.6.